The first-order valence-electron chi connectivity index (χ1n) is 6.70. The van der Waals surface area contributed by atoms with Crippen LogP contribution in [0.1, 0.15) is 29.5 Å². The second-order valence-electron chi connectivity index (χ2n) is 4.87. The van der Waals surface area contributed by atoms with Gasteiger partial charge in [0.1, 0.15) is 6.54 Å². The van der Waals surface area contributed by atoms with Gasteiger partial charge >= 0.3 is 0 Å². The van der Waals surface area contributed by atoms with Crippen molar-refractivity contribution < 1.29 is 4.79 Å². The van der Waals surface area contributed by atoms with Gasteiger partial charge in [0, 0.05) is 18.0 Å². The predicted octanol–water partition coefficient (Wildman–Crippen LogP) is 1.16. The van der Waals surface area contributed by atoms with Gasteiger partial charge in [0.15, 0.2) is 0 Å². The number of amides is 1. The van der Waals surface area contributed by atoms with Crippen LogP contribution in [-0.2, 0) is 17.9 Å². The van der Waals surface area contributed by atoms with Crippen molar-refractivity contribution in [2.24, 2.45) is 5.73 Å². The molecule has 0 saturated carbocycles. The summed E-state index contributed by atoms with van der Waals surface area (Å²) in [5, 5.41) is 9.89. The molecule has 6 nitrogen and oxygen atoms in total. The van der Waals surface area contributed by atoms with E-state index in [2.05, 4.69) is 21.8 Å². The minimum Gasteiger partial charge on any atom is -0.333 e. The van der Waals surface area contributed by atoms with Crippen LogP contribution >= 0.6 is 11.3 Å². The van der Waals surface area contributed by atoms with Crippen molar-refractivity contribution >= 4 is 17.2 Å². The number of rotatable bonds is 4. The Morgan fingerprint density at radius 2 is 2.45 bits per heavy atom. The first kappa shape index (κ1) is 13.3. The van der Waals surface area contributed by atoms with Gasteiger partial charge in [-0.05, 0) is 24.3 Å². The Morgan fingerprint density at radius 3 is 3.15 bits per heavy atom. The van der Waals surface area contributed by atoms with Crippen LogP contribution in [0.3, 0.4) is 0 Å². The van der Waals surface area contributed by atoms with E-state index in [0.717, 1.165) is 19.4 Å². The third-order valence-corrected chi connectivity index (χ3v) is 4.51. The van der Waals surface area contributed by atoms with Crippen molar-refractivity contribution in [2.75, 3.05) is 6.54 Å². The lowest BCUT2D eigenvalue weighted by atomic mass is 10.2. The summed E-state index contributed by atoms with van der Waals surface area (Å²) in [6, 6.07) is 4.36. The molecule has 1 atom stereocenters. The molecule has 7 heteroatoms. The summed E-state index contributed by atoms with van der Waals surface area (Å²) in [5.74, 6) is 0.0920. The third kappa shape index (κ3) is 2.59. The number of thiophene rings is 1. The van der Waals surface area contributed by atoms with Crippen molar-refractivity contribution in [3.63, 3.8) is 0 Å². The third-order valence-electron chi connectivity index (χ3n) is 3.54. The molecular formula is C13H17N5OS. The molecule has 1 saturated heterocycles. The van der Waals surface area contributed by atoms with Gasteiger partial charge in [-0.2, -0.15) is 0 Å². The highest BCUT2D eigenvalue weighted by Gasteiger charge is 2.30. The second kappa shape index (κ2) is 5.72. The van der Waals surface area contributed by atoms with Crippen LogP contribution in [-0.4, -0.2) is 32.3 Å². The first-order valence-corrected chi connectivity index (χ1v) is 7.58. The van der Waals surface area contributed by atoms with Gasteiger partial charge in [-0.3, -0.25) is 4.79 Å². The Labute approximate surface area is 121 Å². The molecule has 1 aliphatic heterocycles. The van der Waals surface area contributed by atoms with Crippen LogP contribution in [0, 0.1) is 0 Å². The van der Waals surface area contributed by atoms with Gasteiger partial charge < -0.3 is 10.6 Å². The zero-order valence-electron chi connectivity index (χ0n) is 11.1. The Balaban J connectivity index is 1.70. The number of hydrogen-bond donors (Lipinski definition) is 1. The first-order chi connectivity index (χ1) is 9.78. The maximum absolute atomic E-state index is 12.4. The van der Waals surface area contributed by atoms with Crippen molar-refractivity contribution in [3.05, 3.63) is 34.3 Å². The van der Waals surface area contributed by atoms with Crippen LogP contribution in [0.4, 0.5) is 0 Å². The molecule has 20 heavy (non-hydrogen) atoms. The van der Waals surface area contributed by atoms with Crippen LogP contribution in [0.2, 0.25) is 0 Å². The van der Waals surface area contributed by atoms with Crippen LogP contribution in [0.5, 0.6) is 0 Å². The normalized spacial score (nSPS) is 18.6. The molecule has 0 spiro atoms. The van der Waals surface area contributed by atoms with E-state index in [0.29, 0.717) is 12.2 Å². The van der Waals surface area contributed by atoms with E-state index >= 15 is 0 Å². The van der Waals surface area contributed by atoms with Gasteiger partial charge in [-0.1, -0.05) is 11.3 Å². The van der Waals surface area contributed by atoms with E-state index < -0.39 is 0 Å². The van der Waals surface area contributed by atoms with E-state index in [1.165, 1.54) is 4.88 Å². The Morgan fingerprint density at radius 1 is 1.55 bits per heavy atom. The van der Waals surface area contributed by atoms with Crippen LogP contribution < -0.4 is 5.73 Å². The molecule has 0 aromatic carbocycles. The number of likely N-dealkylation sites (tertiary alicyclic amines) is 1. The Kier molecular flexibility index (Phi) is 3.79. The molecule has 1 amide bonds. The van der Waals surface area contributed by atoms with E-state index in [-0.39, 0.29) is 18.5 Å². The molecule has 1 unspecified atom stereocenters. The molecule has 3 heterocycles. The lowest BCUT2D eigenvalue weighted by Crippen LogP contribution is -2.33. The molecular weight excluding hydrogens is 274 g/mol. The van der Waals surface area contributed by atoms with Crippen molar-refractivity contribution in [1.82, 2.24) is 19.9 Å². The molecule has 106 valence electrons. The predicted molar refractivity (Wildman–Crippen MR) is 75.9 cm³/mol. The van der Waals surface area contributed by atoms with E-state index in [1.54, 1.807) is 22.2 Å². The highest BCUT2D eigenvalue weighted by Crippen LogP contribution is 2.34. The zero-order chi connectivity index (χ0) is 13.9. The molecule has 2 N–H and O–H groups in total. The molecule has 2 aromatic heterocycles. The molecule has 0 radical (unpaired) electrons. The highest BCUT2D eigenvalue weighted by atomic mass is 32.1. The van der Waals surface area contributed by atoms with Gasteiger partial charge in [0.05, 0.1) is 17.9 Å². The fourth-order valence-corrected chi connectivity index (χ4v) is 3.45. The molecule has 1 aliphatic rings. The molecule has 3 rings (SSSR count). The zero-order valence-corrected chi connectivity index (χ0v) is 11.9. The highest BCUT2D eigenvalue weighted by molar-refractivity contribution is 7.10. The van der Waals surface area contributed by atoms with Crippen LogP contribution in [0.25, 0.3) is 0 Å². The second-order valence-corrected chi connectivity index (χ2v) is 5.85. The average molecular weight is 291 g/mol. The van der Waals surface area contributed by atoms with E-state index in [1.807, 2.05) is 11.0 Å². The summed E-state index contributed by atoms with van der Waals surface area (Å²) in [6.45, 7) is 1.39. The number of carbonyl (C=O) groups excluding carboxylic acids is 1. The maximum atomic E-state index is 12.4. The Hall–Kier alpha value is -1.73. The van der Waals surface area contributed by atoms with E-state index in [4.69, 9.17) is 5.73 Å². The molecule has 0 aliphatic carbocycles. The van der Waals surface area contributed by atoms with Gasteiger partial charge in [-0.15, -0.1) is 16.4 Å². The number of aromatic nitrogens is 3. The molecule has 1 fully saturated rings. The van der Waals surface area contributed by atoms with E-state index in [9.17, 15) is 4.79 Å². The standard InChI is InChI=1S/C13H17N5OS/c14-7-10-8-17(16-15-10)9-13(19)18-5-1-3-11(18)12-4-2-6-20-12/h2,4,6,8,11H,1,3,5,7,9,14H2. The van der Waals surface area contributed by atoms with Crippen molar-refractivity contribution in [3.8, 4) is 0 Å². The average Bonchev–Trinajstić information content (AvgIpc) is 3.19. The minimum atomic E-state index is 0.0920. The fraction of sp³-hybridized carbons (Fsp3) is 0.462. The lowest BCUT2D eigenvalue weighted by Gasteiger charge is -2.23. The number of nitrogens with two attached hydrogens (primary N) is 1. The number of nitrogens with zero attached hydrogens (tertiary/aromatic N) is 4. The lowest BCUT2D eigenvalue weighted by molar-refractivity contribution is -0.132. The maximum Gasteiger partial charge on any atom is 0.244 e. The molecule has 2 aromatic rings. The van der Waals surface area contributed by atoms with Crippen LogP contribution in [0.15, 0.2) is 23.7 Å². The fourth-order valence-electron chi connectivity index (χ4n) is 2.58. The summed E-state index contributed by atoms with van der Waals surface area (Å²) in [6.07, 6.45) is 3.82. The Bertz CT molecular complexity index is 579. The molecule has 0 bridgehead atoms. The van der Waals surface area contributed by atoms with Gasteiger partial charge in [-0.25, -0.2) is 4.68 Å². The van der Waals surface area contributed by atoms with Gasteiger partial charge in [0.2, 0.25) is 5.91 Å². The summed E-state index contributed by atoms with van der Waals surface area (Å²) in [4.78, 5) is 15.6. The summed E-state index contributed by atoms with van der Waals surface area (Å²) >= 11 is 1.71. The SMILES string of the molecule is NCc1cn(CC(=O)N2CCCC2c2cccs2)nn1. The quantitative estimate of drug-likeness (QED) is 0.917. The monoisotopic (exact) mass is 291 g/mol. The summed E-state index contributed by atoms with van der Waals surface area (Å²) in [5.41, 5.74) is 6.20. The number of carbonyl (C=O) groups is 1. The topological polar surface area (TPSA) is 77.0 Å². The van der Waals surface area contributed by atoms with Crippen molar-refractivity contribution in [1.29, 1.82) is 0 Å². The van der Waals surface area contributed by atoms with Crippen molar-refractivity contribution in [2.45, 2.75) is 32.0 Å². The minimum absolute atomic E-state index is 0.0920. The summed E-state index contributed by atoms with van der Waals surface area (Å²) in [7, 11) is 0. The largest absolute Gasteiger partial charge is 0.333 e. The summed E-state index contributed by atoms with van der Waals surface area (Å²) < 4.78 is 1.56. The van der Waals surface area contributed by atoms with Gasteiger partial charge in [0.25, 0.3) is 0 Å². The number of hydrogen-bond acceptors (Lipinski definition) is 5. The smallest absolute Gasteiger partial charge is 0.244 e.